The minimum Gasteiger partial charge on any atom is -0.339 e. The van der Waals surface area contributed by atoms with E-state index >= 15 is 0 Å². The number of nitrogens with zero attached hydrogens (tertiary/aromatic N) is 1. The molecule has 0 amide bonds. The number of carbonyl (C=O) groups is 1. The monoisotopic (exact) mass is 192 g/mol. The van der Waals surface area contributed by atoms with Crippen molar-refractivity contribution in [1.29, 1.82) is 0 Å². The topological polar surface area (TPSA) is 45.8 Å². The van der Waals surface area contributed by atoms with Crippen molar-refractivity contribution in [1.82, 2.24) is 9.97 Å². The Morgan fingerprint density at radius 3 is 3.00 bits per heavy atom. The number of nitrogens with one attached hydrogen (secondary N) is 1. The minimum atomic E-state index is 0.390. The molecule has 0 unspecified atom stereocenters. The van der Waals surface area contributed by atoms with E-state index in [-0.39, 0.29) is 0 Å². The summed E-state index contributed by atoms with van der Waals surface area (Å²) >= 11 is 1.62. The Labute approximate surface area is 79.4 Å². The lowest BCUT2D eigenvalue weighted by Gasteiger charge is -1.90. The zero-order valence-electron chi connectivity index (χ0n) is 7.07. The second-order valence-corrected chi connectivity index (χ2v) is 3.64. The largest absolute Gasteiger partial charge is 0.339 e. The maximum absolute atomic E-state index is 10.5. The molecular weight excluding hydrogens is 184 g/mol. The third kappa shape index (κ3) is 1.40. The van der Waals surface area contributed by atoms with Crippen LogP contribution in [0.2, 0.25) is 0 Å². The highest BCUT2D eigenvalue weighted by Crippen LogP contribution is 2.25. The summed E-state index contributed by atoms with van der Waals surface area (Å²) in [4.78, 5) is 18.6. The third-order valence-corrected chi connectivity index (χ3v) is 2.65. The fourth-order valence-electron chi connectivity index (χ4n) is 1.19. The van der Waals surface area contributed by atoms with Gasteiger partial charge in [-0.3, -0.25) is 4.79 Å². The number of rotatable bonds is 2. The van der Waals surface area contributed by atoms with Gasteiger partial charge in [-0.15, -0.1) is 11.3 Å². The lowest BCUT2D eigenvalue weighted by atomic mass is 10.3. The molecule has 0 spiro atoms. The number of imidazole rings is 1. The maximum Gasteiger partial charge on any atom is 0.185 e. The van der Waals surface area contributed by atoms with E-state index in [9.17, 15) is 4.79 Å². The predicted octanol–water partition coefficient (Wildman–Crippen LogP) is 2.26. The van der Waals surface area contributed by atoms with Gasteiger partial charge in [-0.25, -0.2) is 4.98 Å². The van der Waals surface area contributed by atoms with E-state index in [1.807, 2.05) is 24.4 Å². The molecule has 0 aromatic carbocycles. The van der Waals surface area contributed by atoms with Crippen LogP contribution in [0.5, 0.6) is 0 Å². The van der Waals surface area contributed by atoms with Gasteiger partial charge >= 0.3 is 0 Å². The van der Waals surface area contributed by atoms with Crippen molar-refractivity contribution in [3.8, 4) is 10.6 Å². The molecule has 0 atom stereocenters. The zero-order chi connectivity index (χ0) is 9.26. The number of H-pyrrole nitrogens is 1. The highest BCUT2D eigenvalue weighted by Gasteiger charge is 2.08. The summed E-state index contributed by atoms with van der Waals surface area (Å²) in [6.45, 7) is 1.91. The molecule has 2 aromatic rings. The van der Waals surface area contributed by atoms with Crippen molar-refractivity contribution in [2.24, 2.45) is 0 Å². The van der Waals surface area contributed by atoms with Gasteiger partial charge in [-0.1, -0.05) is 6.07 Å². The van der Waals surface area contributed by atoms with E-state index in [0.29, 0.717) is 5.82 Å². The Bertz CT molecular complexity index is 417. The molecule has 1 N–H and O–H groups in total. The Kier molecular flexibility index (Phi) is 1.98. The number of aryl methyl sites for hydroxylation is 1. The molecule has 0 bridgehead atoms. The first-order chi connectivity index (χ1) is 6.31. The fraction of sp³-hybridized carbons (Fsp3) is 0.111. The van der Waals surface area contributed by atoms with E-state index < -0.39 is 0 Å². The van der Waals surface area contributed by atoms with Gasteiger partial charge in [0.2, 0.25) is 0 Å². The summed E-state index contributed by atoms with van der Waals surface area (Å²) in [5.74, 6) is 0.390. The highest BCUT2D eigenvalue weighted by molar-refractivity contribution is 7.13. The quantitative estimate of drug-likeness (QED) is 0.742. The summed E-state index contributed by atoms with van der Waals surface area (Å²) in [5.41, 5.74) is 1.81. The van der Waals surface area contributed by atoms with Crippen LogP contribution < -0.4 is 0 Å². The standard InChI is InChI=1S/C9H8N2OS/c1-6-9(7-3-2-4-13-7)11-8(5-12)10-6/h2-5H,1H3,(H,10,11). The van der Waals surface area contributed by atoms with Gasteiger partial charge in [0.15, 0.2) is 12.1 Å². The molecule has 2 rings (SSSR count). The molecule has 66 valence electrons. The van der Waals surface area contributed by atoms with E-state index in [2.05, 4.69) is 9.97 Å². The number of aromatic nitrogens is 2. The maximum atomic E-state index is 10.5. The molecule has 2 aromatic heterocycles. The molecule has 0 saturated carbocycles. The van der Waals surface area contributed by atoms with Crippen LogP contribution in [-0.4, -0.2) is 16.3 Å². The molecule has 0 saturated heterocycles. The molecule has 0 aliphatic heterocycles. The van der Waals surface area contributed by atoms with Gasteiger partial charge < -0.3 is 4.98 Å². The second-order valence-electron chi connectivity index (χ2n) is 2.69. The Balaban J connectivity index is 2.52. The molecule has 0 aliphatic carbocycles. The van der Waals surface area contributed by atoms with Crippen LogP contribution in [-0.2, 0) is 0 Å². The van der Waals surface area contributed by atoms with Crippen LogP contribution in [0.25, 0.3) is 10.6 Å². The Hall–Kier alpha value is -1.42. The van der Waals surface area contributed by atoms with Crippen LogP contribution in [0.1, 0.15) is 16.3 Å². The SMILES string of the molecule is Cc1[nH]c(C=O)nc1-c1cccs1. The molecule has 4 heteroatoms. The summed E-state index contributed by atoms with van der Waals surface area (Å²) < 4.78 is 0. The summed E-state index contributed by atoms with van der Waals surface area (Å²) in [6.07, 6.45) is 0.726. The normalized spacial score (nSPS) is 10.2. The van der Waals surface area contributed by atoms with E-state index in [4.69, 9.17) is 0 Å². The number of hydrogen-bond acceptors (Lipinski definition) is 3. The summed E-state index contributed by atoms with van der Waals surface area (Å²) in [5, 5.41) is 1.99. The van der Waals surface area contributed by atoms with Crippen molar-refractivity contribution in [3.63, 3.8) is 0 Å². The van der Waals surface area contributed by atoms with Crippen LogP contribution in [0.15, 0.2) is 17.5 Å². The van der Waals surface area contributed by atoms with Gasteiger partial charge in [0, 0.05) is 5.69 Å². The fourth-order valence-corrected chi connectivity index (χ4v) is 1.96. The molecule has 3 nitrogen and oxygen atoms in total. The van der Waals surface area contributed by atoms with Crippen LogP contribution in [0, 0.1) is 6.92 Å². The number of carbonyl (C=O) groups excluding carboxylic acids is 1. The van der Waals surface area contributed by atoms with Crippen molar-refractivity contribution in [3.05, 3.63) is 29.0 Å². The Morgan fingerprint density at radius 2 is 2.46 bits per heavy atom. The predicted molar refractivity (Wildman–Crippen MR) is 52.0 cm³/mol. The molecular formula is C9H8N2OS. The second kappa shape index (κ2) is 3.14. The molecule has 0 fully saturated rings. The number of thiophene rings is 1. The average Bonchev–Trinajstić information content (AvgIpc) is 2.72. The first-order valence-electron chi connectivity index (χ1n) is 3.87. The van der Waals surface area contributed by atoms with Gasteiger partial charge in [-0.05, 0) is 18.4 Å². The number of aromatic amines is 1. The molecule has 13 heavy (non-hydrogen) atoms. The molecule has 0 radical (unpaired) electrons. The smallest absolute Gasteiger partial charge is 0.185 e. The summed E-state index contributed by atoms with van der Waals surface area (Å²) in [6, 6.07) is 3.96. The van der Waals surface area contributed by atoms with Crippen molar-refractivity contribution in [2.45, 2.75) is 6.92 Å². The van der Waals surface area contributed by atoms with E-state index in [1.54, 1.807) is 11.3 Å². The van der Waals surface area contributed by atoms with Gasteiger partial charge in [0.05, 0.1) is 4.88 Å². The van der Waals surface area contributed by atoms with Crippen LogP contribution >= 0.6 is 11.3 Å². The van der Waals surface area contributed by atoms with Crippen molar-refractivity contribution >= 4 is 17.6 Å². The molecule has 0 aliphatic rings. The summed E-state index contributed by atoms with van der Waals surface area (Å²) in [7, 11) is 0. The van der Waals surface area contributed by atoms with Gasteiger partial charge in [-0.2, -0.15) is 0 Å². The van der Waals surface area contributed by atoms with Crippen LogP contribution in [0.3, 0.4) is 0 Å². The van der Waals surface area contributed by atoms with Crippen molar-refractivity contribution < 1.29 is 4.79 Å². The highest BCUT2D eigenvalue weighted by atomic mass is 32.1. The van der Waals surface area contributed by atoms with Gasteiger partial charge in [0.25, 0.3) is 0 Å². The molecule has 2 heterocycles. The first-order valence-corrected chi connectivity index (χ1v) is 4.75. The first kappa shape index (κ1) is 8.19. The third-order valence-electron chi connectivity index (χ3n) is 1.77. The van der Waals surface area contributed by atoms with Gasteiger partial charge in [0.1, 0.15) is 5.69 Å². The average molecular weight is 192 g/mol. The lowest BCUT2D eigenvalue weighted by molar-refractivity contribution is 0.111. The van der Waals surface area contributed by atoms with Crippen LogP contribution in [0.4, 0.5) is 0 Å². The number of aldehydes is 1. The lowest BCUT2D eigenvalue weighted by Crippen LogP contribution is -1.80. The van der Waals surface area contributed by atoms with Crippen molar-refractivity contribution in [2.75, 3.05) is 0 Å². The van der Waals surface area contributed by atoms with E-state index in [0.717, 1.165) is 22.6 Å². The zero-order valence-corrected chi connectivity index (χ0v) is 7.89. The van der Waals surface area contributed by atoms with E-state index in [1.165, 1.54) is 0 Å². The number of hydrogen-bond donors (Lipinski definition) is 1. The Morgan fingerprint density at radius 1 is 1.62 bits per heavy atom. The minimum absolute atomic E-state index is 0.390.